The molecule has 0 radical (unpaired) electrons. The van der Waals surface area contributed by atoms with Gasteiger partial charge in [0.05, 0.1) is 6.61 Å². The molecule has 0 bridgehead atoms. The lowest BCUT2D eigenvalue weighted by molar-refractivity contribution is -0.142. The van der Waals surface area contributed by atoms with Crippen LogP contribution in [0.5, 0.6) is 5.75 Å². The van der Waals surface area contributed by atoms with Crippen LogP contribution in [0.2, 0.25) is 0 Å². The summed E-state index contributed by atoms with van der Waals surface area (Å²) < 4.78 is 0. The van der Waals surface area contributed by atoms with Crippen molar-refractivity contribution in [2.45, 2.75) is 211 Å². The topological polar surface area (TPSA) is 386 Å². The Morgan fingerprint density at radius 3 is 1.90 bits per heavy atom. The maximum atomic E-state index is 14.9. The molecule has 1 aromatic heterocycles. The van der Waals surface area contributed by atoms with E-state index in [1.807, 2.05) is 38.1 Å². The summed E-state index contributed by atoms with van der Waals surface area (Å²) in [4.78, 5) is 135. The van der Waals surface area contributed by atoms with Gasteiger partial charge in [-0.2, -0.15) is 0 Å². The van der Waals surface area contributed by atoms with Gasteiger partial charge < -0.3 is 79.4 Å². The number of guanidine groups is 1. The molecule has 0 unspecified atom stereocenters. The third kappa shape index (κ3) is 24.6. The lowest BCUT2D eigenvalue weighted by Gasteiger charge is -2.30. The van der Waals surface area contributed by atoms with Gasteiger partial charge in [0.25, 0.3) is 0 Å². The SMILES string of the molecule is CCCCCCCCCCCCNCCC[C@@H](NC(=O)[C@H](Cc1ccc(O)cc1)NC(=O)[C@H](CO)NC(=O)[C@H](Cc1c[nH]c2ccccc12)NC(=O)[C@@H]1CCC(=O)N1)C(=O)N[C@@H](CC(C)C)C(=O)N[C@@H](CCCN=C(N)N)C(=O)N1CCC[C@H]1C(=O)NCC. The van der Waals surface area contributed by atoms with Crippen LogP contribution in [0.15, 0.2) is 59.7 Å². The first kappa shape index (κ1) is 71.9. The number of phenolic OH excluding ortho intramolecular Hbond substituents is 1. The number of aliphatic hydroxyl groups is 1. The summed E-state index contributed by atoms with van der Waals surface area (Å²) in [6.45, 7) is 8.81. The number of aliphatic imine (C=N–C) groups is 1. The number of unbranched alkanes of at least 4 members (excludes halogenated alkanes) is 9. The van der Waals surface area contributed by atoms with Gasteiger partial charge in [0.15, 0.2) is 5.96 Å². The van der Waals surface area contributed by atoms with Crippen LogP contribution in [-0.4, -0.2) is 167 Å². The Labute approximate surface area is 523 Å². The molecule has 2 aliphatic rings. The first-order valence-corrected chi connectivity index (χ1v) is 32.2. The summed E-state index contributed by atoms with van der Waals surface area (Å²) in [5, 5.41) is 47.0. The summed E-state index contributed by atoms with van der Waals surface area (Å²) in [5.41, 5.74) is 13.1. The van der Waals surface area contributed by atoms with Crippen molar-refractivity contribution in [2.24, 2.45) is 22.4 Å². The normalized spacial score (nSPS) is 16.7. The largest absolute Gasteiger partial charge is 0.508 e. The van der Waals surface area contributed by atoms with Crippen LogP contribution in [0, 0.1) is 5.92 Å². The number of fused-ring (bicyclic) bond motifs is 1. The van der Waals surface area contributed by atoms with E-state index in [0.717, 1.165) is 36.7 Å². The average Bonchev–Trinajstić information content (AvgIpc) is 4.06. The van der Waals surface area contributed by atoms with E-state index in [1.165, 1.54) is 62.0 Å². The van der Waals surface area contributed by atoms with Crippen LogP contribution >= 0.6 is 0 Å². The second-order valence-corrected chi connectivity index (χ2v) is 23.9. The number of phenols is 1. The first-order chi connectivity index (χ1) is 42.8. The number of aromatic nitrogens is 1. The quantitative estimate of drug-likeness (QED) is 0.0220. The van der Waals surface area contributed by atoms with E-state index in [9.17, 15) is 53.4 Å². The fraction of sp³-hybridized carbons (Fsp3) is 0.625. The molecule has 2 aliphatic heterocycles. The summed E-state index contributed by atoms with van der Waals surface area (Å²) >= 11 is 0. The van der Waals surface area contributed by atoms with Crippen LogP contribution in [0.3, 0.4) is 0 Å². The van der Waals surface area contributed by atoms with Gasteiger partial charge in [-0.15, -0.1) is 0 Å². The Bertz CT molecular complexity index is 2790. The molecule has 5 rings (SSSR count). The molecule has 8 atom stereocenters. The number of aromatic hydroxyl groups is 1. The number of hydrogen-bond acceptors (Lipinski definition) is 13. The third-order valence-corrected chi connectivity index (χ3v) is 16.1. The van der Waals surface area contributed by atoms with Crippen molar-refractivity contribution in [1.29, 1.82) is 0 Å². The number of likely N-dealkylation sites (N-methyl/N-ethyl adjacent to an activating group) is 1. The van der Waals surface area contributed by atoms with E-state index >= 15 is 0 Å². The van der Waals surface area contributed by atoms with Gasteiger partial charge in [-0.1, -0.05) is 109 Å². The summed E-state index contributed by atoms with van der Waals surface area (Å²) in [7, 11) is 0. The molecule has 2 aromatic carbocycles. The van der Waals surface area contributed by atoms with Crippen LogP contribution in [-0.2, 0) is 56.0 Å². The van der Waals surface area contributed by atoms with Crippen molar-refractivity contribution in [3.63, 3.8) is 0 Å². The average molecular weight is 1240 g/mol. The maximum Gasteiger partial charge on any atom is 0.245 e. The van der Waals surface area contributed by atoms with Crippen LogP contribution in [0.25, 0.3) is 10.9 Å². The fourth-order valence-electron chi connectivity index (χ4n) is 11.3. The zero-order valence-corrected chi connectivity index (χ0v) is 52.6. The van der Waals surface area contributed by atoms with Crippen molar-refractivity contribution < 1.29 is 53.4 Å². The number of para-hydroxylation sites is 1. The van der Waals surface area contributed by atoms with Gasteiger partial charge >= 0.3 is 0 Å². The van der Waals surface area contributed by atoms with E-state index in [0.29, 0.717) is 50.0 Å². The molecule has 0 aliphatic carbocycles. The molecule has 9 amide bonds. The molecule has 89 heavy (non-hydrogen) atoms. The van der Waals surface area contributed by atoms with Gasteiger partial charge in [0.1, 0.15) is 54.1 Å². The first-order valence-electron chi connectivity index (χ1n) is 32.2. The van der Waals surface area contributed by atoms with E-state index in [2.05, 4.69) is 64.8 Å². The van der Waals surface area contributed by atoms with Crippen LogP contribution in [0.1, 0.15) is 161 Å². The lowest BCUT2D eigenvalue weighted by Crippen LogP contribution is -2.61. The van der Waals surface area contributed by atoms with Gasteiger partial charge in [-0.05, 0) is 113 Å². The minimum absolute atomic E-state index is 0.0521. The lowest BCUT2D eigenvalue weighted by atomic mass is 10.00. The van der Waals surface area contributed by atoms with Crippen LogP contribution in [0.4, 0.5) is 0 Å². The number of nitrogens with one attached hydrogen (secondary N) is 10. The number of carbonyl (C=O) groups is 9. The zero-order valence-electron chi connectivity index (χ0n) is 52.6. The van der Waals surface area contributed by atoms with Gasteiger partial charge in [0.2, 0.25) is 53.2 Å². The molecule has 2 fully saturated rings. The Hall–Kier alpha value is -7.80. The third-order valence-electron chi connectivity index (χ3n) is 16.1. The van der Waals surface area contributed by atoms with E-state index in [1.54, 1.807) is 25.3 Å². The highest BCUT2D eigenvalue weighted by Crippen LogP contribution is 2.22. The molecule has 25 heteroatoms. The minimum Gasteiger partial charge on any atom is -0.508 e. The number of amides is 9. The Balaban J connectivity index is 1.37. The van der Waals surface area contributed by atoms with E-state index in [4.69, 9.17) is 11.5 Å². The van der Waals surface area contributed by atoms with Crippen molar-refractivity contribution in [3.8, 4) is 5.75 Å². The number of nitrogens with zero attached hydrogens (tertiary/aromatic N) is 2. The molecule has 16 N–H and O–H groups in total. The number of nitrogens with two attached hydrogens (primary N) is 2. The number of carbonyl (C=O) groups excluding carboxylic acids is 9. The fourth-order valence-corrected chi connectivity index (χ4v) is 11.3. The summed E-state index contributed by atoms with van der Waals surface area (Å²) in [6.07, 6.45) is 15.6. The van der Waals surface area contributed by atoms with Crippen molar-refractivity contribution in [3.05, 3.63) is 65.9 Å². The number of rotatable bonds is 41. The van der Waals surface area contributed by atoms with Crippen molar-refractivity contribution >= 4 is 70.0 Å². The second-order valence-electron chi connectivity index (χ2n) is 23.9. The van der Waals surface area contributed by atoms with Crippen molar-refractivity contribution in [2.75, 3.05) is 39.3 Å². The molecule has 2 saturated heterocycles. The molecule has 0 spiro atoms. The number of aromatic amines is 1. The zero-order chi connectivity index (χ0) is 64.7. The molecular weight excluding hydrogens is 1140 g/mol. The van der Waals surface area contributed by atoms with Gasteiger partial charge in [-0.3, -0.25) is 48.1 Å². The molecular formula is C64H100N14O11. The Morgan fingerprint density at radius 2 is 1.25 bits per heavy atom. The summed E-state index contributed by atoms with van der Waals surface area (Å²) in [5.74, 6) is -6.15. The smallest absolute Gasteiger partial charge is 0.245 e. The number of hydrogen-bond donors (Lipinski definition) is 14. The molecule has 25 nitrogen and oxygen atoms in total. The predicted octanol–water partition coefficient (Wildman–Crippen LogP) is 2.36. The Kier molecular flexibility index (Phi) is 31.2. The monoisotopic (exact) mass is 1240 g/mol. The minimum atomic E-state index is -1.67. The molecule has 0 saturated carbocycles. The molecule has 3 aromatic rings. The highest BCUT2D eigenvalue weighted by Gasteiger charge is 2.39. The van der Waals surface area contributed by atoms with E-state index in [-0.39, 0.29) is 87.4 Å². The van der Waals surface area contributed by atoms with Crippen LogP contribution < -0.4 is 59.3 Å². The van der Waals surface area contributed by atoms with Gasteiger partial charge in [0, 0.05) is 56.0 Å². The van der Waals surface area contributed by atoms with Crippen molar-refractivity contribution in [1.82, 2.24) is 57.7 Å². The Morgan fingerprint density at radius 1 is 0.663 bits per heavy atom. The number of likely N-dealkylation sites (tertiary alicyclic amines) is 1. The standard InChI is InChI=1S/C64H100N14O11/c1-5-7-8-9-10-11-12-13-14-17-32-67-33-18-23-47(56(82)74-50(36-41(3)4)58(84)73-49(24-19-34-69-64(65)66)63(89)78-35-20-25-54(78)62(88)68-6-2)72-59(85)51(37-42-26-28-44(80)29-27-42)75-61(87)53(40-79)77-60(86)52(76-57(83)48-30-31-55(81)71-48)38-43-39-70-46-22-16-15-21-45(43)46/h15-16,21-22,26-29,39,41,47-54,67,70,79-80H,5-14,17-20,23-25,30-38,40H2,1-4H3,(H,68,88)(H,71,81)(H,72,85)(H,73,84)(H,74,82)(H,75,87)(H,76,83)(H,77,86)(H4,65,66,69)/t47-,48+,49+,50+,51+,52+,53+,54+/m1/s1. The predicted molar refractivity (Wildman–Crippen MR) is 340 cm³/mol. The highest BCUT2D eigenvalue weighted by atomic mass is 16.3. The van der Waals surface area contributed by atoms with E-state index < -0.39 is 96.3 Å². The number of H-pyrrole nitrogens is 1. The molecule has 492 valence electrons. The van der Waals surface area contributed by atoms with Gasteiger partial charge in [-0.25, -0.2) is 0 Å². The number of benzene rings is 2. The summed E-state index contributed by atoms with van der Waals surface area (Å²) in [6, 6.07) is 3.50. The number of aliphatic hydroxyl groups excluding tert-OH is 1. The second kappa shape index (κ2) is 38.6. The highest BCUT2D eigenvalue weighted by molar-refractivity contribution is 5.99. The maximum absolute atomic E-state index is 14.9. The molecule has 3 heterocycles.